The molecule has 7 rings (SSSR count). The number of rotatable bonds is 5. The van der Waals surface area contributed by atoms with E-state index in [4.69, 9.17) is 4.74 Å². The van der Waals surface area contributed by atoms with E-state index in [-0.39, 0.29) is 28.2 Å². The van der Waals surface area contributed by atoms with Crippen molar-refractivity contribution in [1.82, 2.24) is 4.98 Å². The Balaban J connectivity index is 1.41. The number of fused-ring (bicyclic) bond motifs is 10. The molecule has 4 N–H and O–H groups in total. The molecule has 2 fully saturated rings. The average molecular weight is 668 g/mol. The lowest BCUT2D eigenvalue weighted by molar-refractivity contribution is -0.144. The number of benzene rings is 1. The maximum atomic E-state index is 12.2. The van der Waals surface area contributed by atoms with Gasteiger partial charge >= 0.3 is 5.97 Å². The third-order valence-electron chi connectivity index (χ3n) is 14.2. The van der Waals surface area contributed by atoms with Crippen molar-refractivity contribution in [3.05, 3.63) is 75.5 Å². The first-order valence-corrected chi connectivity index (χ1v) is 18.5. The second-order valence-electron chi connectivity index (χ2n) is 18.1. The van der Waals surface area contributed by atoms with Gasteiger partial charge in [0, 0.05) is 38.9 Å². The smallest absolute Gasteiger partial charge is 0.331 e. The zero-order valence-electron chi connectivity index (χ0n) is 31.3. The van der Waals surface area contributed by atoms with Gasteiger partial charge in [-0.1, -0.05) is 50.6 Å². The van der Waals surface area contributed by atoms with E-state index in [2.05, 4.69) is 91.6 Å². The Morgan fingerprint density at radius 2 is 1.76 bits per heavy atom. The number of carboxylic acid groups (broad SMARTS) is 1. The monoisotopic (exact) mass is 667 g/mol. The fraction of sp³-hybridized carbons (Fsp3) is 0.605. The normalized spacial score (nSPS) is 37.3. The van der Waals surface area contributed by atoms with Gasteiger partial charge in [0.05, 0.1) is 23.4 Å². The Bertz CT molecular complexity index is 1870. The van der Waals surface area contributed by atoms with Crippen molar-refractivity contribution in [3.8, 4) is 0 Å². The maximum absolute atomic E-state index is 12.2. The summed E-state index contributed by atoms with van der Waals surface area (Å²) in [5.41, 5.74) is 8.48. The van der Waals surface area contributed by atoms with E-state index in [1.165, 1.54) is 38.9 Å². The summed E-state index contributed by atoms with van der Waals surface area (Å²) in [5.74, 6) is -0.335. The molecule has 1 aliphatic heterocycles. The molecule has 1 aromatic heterocycles. The molecule has 2 aromatic rings. The van der Waals surface area contributed by atoms with Crippen molar-refractivity contribution in [2.75, 3.05) is 0 Å². The first-order valence-electron chi connectivity index (χ1n) is 18.5. The van der Waals surface area contributed by atoms with Crippen molar-refractivity contribution in [2.45, 2.75) is 137 Å². The summed E-state index contributed by atoms with van der Waals surface area (Å²) >= 11 is 0. The Kier molecular flexibility index (Phi) is 7.77. The van der Waals surface area contributed by atoms with Gasteiger partial charge < -0.3 is 25.0 Å². The lowest BCUT2D eigenvalue weighted by atomic mass is 9.40. The van der Waals surface area contributed by atoms with E-state index in [9.17, 15) is 20.1 Å². The van der Waals surface area contributed by atoms with Gasteiger partial charge in [0.25, 0.3) is 0 Å². The van der Waals surface area contributed by atoms with Crippen LogP contribution in [0, 0.1) is 28.6 Å². The molecule has 0 spiro atoms. The van der Waals surface area contributed by atoms with E-state index in [0.717, 1.165) is 43.2 Å². The lowest BCUT2D eigenvalue weighted by Crippen LogP contribution is -2.61. The number of hydrogen-bond acceptors (Lipinski definition) is 4. The van der Waals surface area contributed by atoms with Gasteiger partial charge in [-0.2, -0.15) is 0 Å². The SMILES string of the molecule is CC(C)=CCc1c2c(cc3c4c([nH]c13)[C@@]1(C)[C@@H](CC[C@H]3[C@](C)(/C=C/C=C(/C)C(=O)O)[C@@H](O)CC[C@@]31C)C4)C1=CC(C)(C)OC(C)(C)[C@H]1[C@@H]2O. The number of ether oxygens (including phenoxy) is 1. The van der Waals surface area contributed by atoms with Crippen LogP contribution < -0.4 is 0 Å². The topological polar surface area (TPSA) is 103 Å². The maximum Gasteiger partial charge on any atom is 0.331 e. The van der Waals surface area contributed by atoms with E-state index in [0.29, 0.717) is 12.3 Å². The summed E-state index contributed by atoms with van der Waals surface area (Å²) < 4.78 is 6.57. The highest BCUT2D eigenvalue weighted by molar-refractivity contribution is 5.96. The molecule has 2 saturated carbocycles. The molecule has 8 atom stereocenters. The first-order chi connectivity index (χ1) is 22.8. The van der Waals surface area contributed by atoms with Gasteiger partial charge in [0.15, 0.2) is 0 Å². The molecule has 6 nitrogen and oxygen atoms in total. The van der Waals surface area contributed by atoms with Crippen LogP contribution >= 0.6 is 0 Å². The molecule has 1 aromatic carbocycles. The average Bonchev–Trinajstić information content (AvgIpc) is 3.60. The van der Waals surface area contributed by atoms with Crippen molar-refractivity contribution in [1.29, 1.82) is 0 Å². The van der Waals surface area contributed by atoms with E-state index < -0.39 is 34.8 Å². The molecule has 0 radical (unpaired) electrons. The number of allylic oxidation sites excluding steroid dienone is 4. The van der Waals surface area contributed by atoms with E-state index in [1.807, 2.05) is 6.08 Å². The predicted molar refractivity (Wildman–Crippen MR) is 196 cm³/mol. The zero-order chi connectivity index (χ0) is 35.6. The molecule has 264 valence electrons. The van der Waals surface area contributed by atoms with Crippen molar-refractivity contribution in [3.63, 3.8) is 0 Å². The fourth-order valence-electron chi connectivity index (χ4n) is 11.7. The first kappa shape index (κ1) is 34.5. The quantitative estimate of drug-likeness (QED) is 0.145. The Labute approximate surface area is 292 Å². The third kappa shape index (κ3) is 4.79. The van der Waals surface area contributed by atoms with Gasteiger partial charge in [-0.25, -0.2) is 4.79 Å². The molecule has 0 bridgehead atoms. The number of aliphatic hydroxyl groups is 2. The Morgan fingerprint density at radius 3 is 2.43 bits per heavy atom. The van der Waals surface area contributed by atoms with Gasteiger partial charge in [-0.05, 0) is 144 Å². The summed E-state index contributed by atoms with van der Waals surface area (Å²) in [4.78, 5) is 15.6. The summed E-state index contributed by atoms with van der Waals surface area (Å²) in [6.45, 7) is 21.5. The van der Waals surface area contributed by atoms with Crippen LogP contribution in [-0.2, 0) is 27.8 Å². The highest BCUT2D eigenvalue weighted by Crippen LogP contribution is 2.70. The number of carboxylic acids is 1. The summed E-state index contributed by atoms with van der Waals surface area (Å²) in [6, 6.07) is 2.40. The van der Waals surface area contributed by atoms with Crippen LogP contribution in [0.2, 0.25) is 0 Å². The molecule has 5 aliphatic rings. The van der Waals surface area contributed by atoms with Crippen LogP contribution in [0.15, 0.2) is 47.6 Å². The van der Waals surface area contributed by atoms with Crippen LogP contribution in [-0.4, -0.2) is 43.6 Å². The molecule has 4 aliphatic carbocycles. The highest BCUT2D eigenvalue weighted by atomic mass is 16.5. The summed E-state index contributed by atoms with van der Waals surface area (Å²) in [5, 5.41) is 34.5. The molecule has 0 saturated heterocycles. The molecule has 2 heterocycles. The van der Waals surface area contributed by atoms with Gasteiger partial charge in [-0.15, -0.1) is 0 Å². The minimum atomic E-state index is -0.923. The van der Waals surface area contributed by atoms with Gasteiger partial charge in [-0.3, -0.25) is 0 Å². The van der Waals surface area contributed by atoms with Crippen LogP contribution in [0.1, 0.15) is 129 Å². The molecule has 0 unspecified atom stereocenters. The summed E-state index contributed by atoms with van der Waals surface area (Å²) in [7, 11) is 0. The minimum Gasteiger partial charge on any atom is -0.478 e. The number of aromatic nitrogens is 1. The van der Waals surface area contributed by atoms with Crippen LogP contribution in [0.4, 0.5) is 0 Å². The molecular weight excluding hydrogens is 610 g/mol. The minimum absolute atomic E-state index is 0.0867. The number of aliphatic carboxylic acids is 1. The number of nitrogens with one attached hydrogen (secondary N) is 1. The molecule has 49 heavy (non-hydrogen) atoms. The number of carbonyl (C=O) groups is 1. The van der Waals surface area contributed by atoms with E-state index in [1.54, 1.807) is 13.0 Å². The van der Waals surface area contributed by atoms with Gasteiger partial charge in [0.2, 0.25) is 0 Å². The van der Waals surface area contributed by atoms with E-state index >= 15 is 0 Å². The molecule has 0 amide bonds. The number of hydrogen-bond donors (Lipinski definition) is 4. The second kappa shape index (κ2) is 11.0. The molecule has 6 heteroatoms. The van der Waals surface area contributed by atoms with Crippen LogP contribution in [0.5, 0.6) is 0 Å². The third-order valence-corrected chi connectivity index (χ3v) is 14.2. The van der Waals surface area contributed by atoms with Crippen LogP contribution in [0.3, 0.4) is 0 Å². The van der Waals surface area contributed by atoms with Crippen LogP contribution in [0.25, 0.3) is 16.5 Å². The number of aliphatic hydroxyl groups excluding tert-OH is 2. The Morgan fingerprint density at radius 1 is 1.04 bits per heavy atom. The molecular formula is C43H57NO5. The number of aromatic amines is 1. The van der Waals surface area contributed by atoms with Gasteiger partial charge in [0.1, 0.15) is 0 Å². The lowest BCUT2D eigenvalue weighted by Gasteiger charge is -2.64. The standard InChI is InChI=1S/C43H57NO5/c1-23(2)13-15-26-33-27(30-22-39(4,5)49-40(6,7)34(30)36(33)46)21-28-29-20-25-14-16-31-41(8,18-11-12-24(3)38(47)48)32(45)17-19-42(31,9)43(25,10)37(29)44-35(26)28/h11-13,18,21-22,25,31-32,34,36,44-46H,14-17,19-20H2,1-10H3,(H,47,48)/b18-11+,24-12-/t25-,31-,32-,34+,36+,41-,42-,43+/m0/s1. The fourth-order valence-corrected chi connectivity index (χ4v) is 11.7. The Hall–Kier alpha value is -2.93. The largest absolute Gasteiger partial charge is 0.478 e. The highest BCUT2D eigenvalue weighted by Gasteiger charge is 2.66. The number of H-pyrrole nitrogens is 1. The predicted octanol–water partition coefficient (Wildman–Crippen LogP) is 8.91. The van der Waals surface area contributed by atoms with Crippen molar-refractivity contribution in [2.24, 2.45) is 28.6 Å². The van der Waals surface area contributed by atoms with Crippen molar-refractivity contribution >= 4 is 22.4 Å². The zero-order valence-corrected chi connectivity index (χ0v) is 31.3. The second-order valence-corrected chi connectivity index (χ2v) is 18.1. The van der Waals surface area contributed by atoms with Crippen molar-refractivity contribution < 1.29 is 24.9 Å². The summed E-state index contributed by atoms with van der Waals surface area (Å²) in [6.07, 6.45) is 14.6.